The second-order valence-electron chi connectivity index (χ2n) is 4.22. The molecule has 19 heavy (non-hydrogen) atoms. The Kier molecular flexibility index (Phi) is 6.89. The second-order valence-corrected chi connectivity index (χ2v) is 4.22. The van der Waals surface area contributed by atoms with Crippen molar-refractivity contribution < 1.29 is 14.3 Å². The van der Waals surface area contributed by atoms with Crippen LogP contribution in [0.1, 0.15) is 26.2 Å². The molecule has 5 heteroatoms. The number of esters is 1. The van der Waals surface area contributed by atoms with Crippen LogP contribution in [0.15, 0.2) is 29.4 Å². The number of ether oxygens (including phenoxy) is 2. The third-order valence-electron chi connectivity index (χ3n) is 2.93. The summed E-state index contributed by atoms with van der Waals surface area (Å²) in [4.78, 5) is 16.0. The maximum Gasteiger partial charge on any atom is 0.335 e. The molecule has 1 heterocycles. The fourth-order valence-corrected chi connectivity index (χ4v) is 1.76. The maximum absolute atomic E-state index is 11.4. The van der Waals surface area contributed by atoms with Crippen molar-refractivity contribution in [2.24, 2.45) is 4.99 Å². The maximum atomic E-state index is 11.4. The number of hydrogen-bond donors (Lipinski definition) is 1. The third-order valence-corrected chi connectivity index (χ3v) is 2.93. The quantitative estimate of drug-likeness (QED) is 0.357. The molecule has 1 fully saturated rings. The molecule has 106 valence electrons. The fraction of sp³-hybridized carbons (Fsp3) is 0.571. The first kappa shape index (κ1) is 15.4. The predicted octanol–water partition coefficient (Wildman–Crippen LogP) is 1.81. The number of carbonyl (C=O) groups is 1. The average molecular weight is 266 g/mol. The predicted molar refractivity (Wildman–Crippen MR) is 75.0 cm³/mol. The van der Waals surface area contributed by atoms with Gasteiger partial charge in [0.25, 0.3) is 0 Å². The zero-order chi connectivity index (χ0) is 14.1. The molecule has 0 saturated carbocycles. The van der Waals surface area contributed by atoms with Crippen LogP contribution in [0.4, 0.5) is 0 Å². The van der Waals surface area contributed by atoms with Crippen LogP contribution in [0.3, 0.4) is 0 Å². The van der Waals surface area contributed by atoms with Gasteiger partial charge in [-0.15, -0.1) is 0 Å². The number of nitrogens with zero attached hydrogens (tertiary/aromatic N) is 1. The van der Waals surface area contributed by atoms with Gasteiger partial charge in [-0.25, -0.2) is 4.79 Å². The third kappa shape index (κ3) is 5.26. The van der Waals surface area contributed by atoms with Crippen LogP contribution in [0, 0.1) is 0 Å². The Bertz CT molecular complexity index is 369. The van der Waals surface area contributed by atoms with Crippen molar-refractivity contribution in [3.63, 3.8) is 0 Å². The molecule has 1 N–H and O–H groups in total. The van der Waals surface area contributed by atoms with Crippen LogP contribution in [0.5, 0.6) is 0 Å². The van der Waals surface area contributed by atoms with Crippen molar-refractivity contribution in [3.8, 4) is 0 Å². The lowest BCUT2D eigenvalue weighted by atomic mass is 10.1. The van der Waals surface area contributed by atoms with Crippen LogP contribution in [-0.2, 0) is 14.3 Å². The lowest BCUT2D eigenvalue weighted by Gasteiger charge is -2.19. The van der Waals surface area contributed by atoms with E-state index in [1.165, 1.54) is 7.11 Å². The first-order valence-electron chi connectivity index (χ1n) is 6.53. The van der Waals surface area contributed by atoms with Crippen LogP contribution in [-0.4, -0.2) is 38.2 Å². The Morgan fingerprint density at radius 3 is 2.74 bits per heavy atom. The number of methoxy groups -OCH3 is 1. The molecule has 0 spiro atoms. The number of hydrogen-bond acceptors (Lipinski definition) is 4. The minimum absolute atomic E-state index is 0.255. The first-order valence-corrected chi connectivity index (χ1v) is 6.53. The Balaban J connectivity index is 2.64. The van der Waals surface area contributed by atoms with E-state index in [-0.39, 0.29) is 12.0 Å². The van der Waals surface area contributed by atoms with Gasteiger partial charge in [0.1, 0.15) is 5.84 Å². The highest BCUT2D eigenvalue weighted by molar-refractivity contribution is 5.95. The minimum Gasteiger partial charge on any atom is -0.466 e. The zero-order valence-corrected chi connectivity index (χ0v) is 11.6. The van der Waals surface area contributed by atoms with Gasteiger partial charge in [0, 0.05) is 19.4 Å². The highest BCUT2D eigenvalue weighted by Gasteiger charge is 2.13. The van der Waals surface area contributed by atoms with Crippen LogP contribution in [0.25, 0.3) is 0 Å². The summed E-state index contributed by atoms with van der Waals surface area (Å²) in [5.41, 5.74) is 0.573. The topological polar surface area (TPSA) is 59.9 Å². The van der Waals surface area contributed by atoms with Crippen LogP contribution < -0.4 is 5.32 Å². The normalized spacial score (nSPS) is 18.0. The molecule has 0 aliphatic carbocycles. The van der Waals surface area contributed by atoms with Crippen molar-refractivity contribution in [2.45, 2.75) is 32.2 Å². The molecular formula is C14H22N2O3. The van der Waals surface area contributed by atoms with Gasteiger partial charge < -0.3 is 14.8 Å². The van der Waals surface area contributed by atoms with E-state index in [1.54, 1.807) is 12.3 Å². The van der Waals surface area contributed by atoms with Gasteiger partial charge in [-0.1, -0.05) is 13.5 Å². The van der Waals surface area contributed by atoms with Crippen molar-refractivity contribution in [2.75, 3.05) is 20.3 Å². The van der Waals surface area contributed by atoms with Gasteiger partial charge in [-0.3, -0.25) is 4.99 Å². The van der Waals surface area contributed by atoms with E-state index in [2.05, 4.69) is 21.6 Å². The summed E-state index contributed by atoms with van der Waals surface area (Å²) in [5.74, 6) is 0.339. The molecule has 0 atom stereocenters. The van der Waals surface area contributed by atoms with Crippen LogP contribution >= 0.6 is 0 Å². The number of nitrogens with one attached hydrogen (secondary N) is 1. The molecule has 1 saturated heterocycles. The Morgan fingerprint density at radius 2 is 2.21 bits per heavy atom. The molecule has 0 aromatic heterocycles. The number of amidine groups is 1. The van der Waals surface area contributed by atoms with Crippen molar-refractivity contribution in [1.82, 2.24) is 5.32 Å². The monoisotopic (exact) mass is 266 g/mol. The molecule has 5 nitrogen and oxygen atoms in total. The van der Waals surface area contributed by atoms with Gasteiger partial charge in [-0.2, -0.15) is 0 Å². The van der Waals surface area contributed by atoms with E-state index >= 15 is 0 Å². The first-order chi connectivity index (χ1) is 9.21. The molecule has 0 amide bonds. The molecule has 1 aliphatic heterocycles. The average Bonchev–Trinajstić information content (AvgIpc) is 2.47. The van der Waals surface area contributed by atoms with Gasteiger partial charge in [0.05, 0.1) is 18.7 Å². The minimum atomic E-state index is -0.329. The van der Waals surface area contributed by atoms with Crippen LogP contribution in [0.2, 0.25) is 0 Å². The van der Waals surface area contributed by atoms with E-state index in [9.17, 15) is 4.79 Å². The fourth-order valence-electron chi connectivity index (χ4n) is 1.76. The standard InChI is InChI=1S/C14H22N2O3/c1-4-11(14(17)18-3)10-15-13(5-2)16-12-6-8-19-9-7-12/h5,10,12H,2,4,6-9H2,1,3H3,(H,15,16)/b11-10+. The Morgan fingerprint density at radius 1 is 1.53 bits per heavy atom. The van der Waals surface area contributed by atoms with Crippen molar-refractivity contribution >= 4 is 11.8 Å². The highest BCUT2D eigenvalue weighted by Crippen LogP contribution is 2.10. The number of aliphatic imine (C=N–C) groups is 1. The smallest absolute Gasteiger partial charge is 0.335 e. The van der Waals surface area contributed by atoms with E-state index in [0.717, 1.165) is 26.1 Å². The lowest BCUT2D eigenvalue weighted by molar-refractivity contribution is -0.136. The molecular weight excluding hydrogens is 244 g/mol. The number of rotatable bonds is 5. The van der Waals surface area contributed by atoms with E-state index in [0.29, 0.717) is 17.8 Å². The summed E-state index contributed by atoms with van der Waals surface area (Å²) >= 11 is 0. The molecule has 1 aliphatic rings. The zero-order valence-electron chi connectivity index (χ0n) is 11.6. The Hall–Kier alpha value is -1.62. The number of carbonyl (C=O) groups excluding carboxylic acids is 1. The second kappa shape index (κ2) is 8.48. The molecule has 1 rings (SSSR count). The summed E-state index contributed by atoms with van der Waals surface area (Å²) in [6.07, 6.45) is 5.71. The summed E-state index contributed by atoms with van der Waals surface area (Å²) < 4.78 is 9.98. The largest absolute Gasteiger partial charge is 0.466 e. The van der Waals surface area contributed by atoms with E-state index in [4.69, 9.17) is 4.74 Å². The SMILES string of the molecule is C=CC(=NC1CCOCC1)N/C=C(\CC)C(=O)OC. The van der Waals surface area contributed by atoms with Crippen molar-refractivity contribution in [3.05, 3.63) is 24.4 Å². The summed E-state index contributed by atoms with van der Waals surface area (Å²) in [6.45, 7) is 7.12. The summed E-state index contributed by atoms with van der Waals surface area (Å²) in [7, 11) is 1.37. The van der Waals surface area contributed by atoms with Gasteiger partial charge in [0.15, 0.2) is 0 Å². The van der Waals surface area contributed by atoms with Gasteiger partial charge in [0.2, 0.25) is 0 Å². The van der Waals surface area contributed by atoms with E-state index < -0.39 is 0 Å². The van der Waals surface area contributed by atoms with Gasteiger partial charge >= 0.3 is 5.97 Å². The summed E-state index contributed by atoms with van der Waals surface area (Å²) in [5, 5.41) is 3.01. The molecule has 0 bridgehead atoms. The molecule has 0 radical (unpaired) electrons. The van der Waals surface area contributed by atoms with Gasteiger partial charge in [-0.05, 0) is 25.3 Å². The lowest BCUT2D eigenvalue weighted by Crippen LogP contribution is -2.24. The molecule has 0 unspecified atom stereocenters. The van der Waals surface area contributed by atoms with Crippen molar-refractivity contribution in [1.29, 1.82) is 0 Å². The van der Waals surface area contributed by atoms with E-state index in [1.807, 2.05) is 6.92 Å². The Labute approximate surface area is 114 Å². The molecule has 0 aromatic carbocycles. The molecule has 0 aromatic rings. The highest BCUT2D eigenvalue weighted by atomic mass is 16.5. The summed E-state index contributed by atoms with van der Waals surface area (Å²) in [6, 6.07) is 0.255.